The minimum Gasteiger partial charge on any atom is -0.462 e. The Balaban J connectivity index is 1.59. The van der Waals surface area contributed by atoms with Crippen LogP contribution in [0, 0.1) is 5.92 Å². The maximum Gasteiger partial charge on any atom is 0.341 e. The monoisotopic (exact) mass is 381 g/mol. The molecule has 1 aliphatic carbocycles. The molecule has 6 heteroatoms. The van der Waals surface area contributed by atoms with Crippen LogP contribution in [0.25, 0.3) is 10.9 Å². The van der Waals surface area contributed by atoms with Crippen molar-refractivity contribution in [2.24, 2.45) is 5.92 Å². The van der Waals surface area contributed by atoms with Gasteiger partial charge >= 0.3 is 5.97 Å². The van der Waals surface area contributed by atoms with Crippen LogP contribution in [0.1, 0.15) is 43.0 Å². The number of nitrogens with zero attached hydrogens (tertiary/aromatic N) is 3. The molecule has 1 saturated carbocycles. The molecule has 0 unspecified atom stereocenters. The van der Waals surface area contributed by atoms with Gasteiger partial charge in [-0.25, -0.2) is 4.79 Å². The molecule has 1 amide bonds. The van der Waals surface area contributed by atoms with E-state index in [4.69, 9.17) is 4.74 Å². The molecule has 0 N–H and O–H groups in total. The average Bonchev–Trinajstić information content (AvgIpc) is 3.27. The van der Waals surface area contributed by atoms with Crippen molar-refractivity contribution in [1.29, 1.82) is 0 Å². The number of carbonyl (C=O) groups is 2. The zero-order chi connectivity index (χ0) is 19.5. The first-order valence-corrected chi connectivity index (χ1v) is 10.3. The predicted octanol–water partition coefficient (Wildman–Crippen LogP) is 3.25. The van der Waals surface area contributed by atoms with Crippen molar-refractivity contribution in [1.82, 2.24) is 9.88 Å². The quantitative estimate of drug-likeness (QED) is 0.761. The summed E-state index contributed by atoms with van der Waals surface area (Å²) in [4.78, 5) is 33.9. The van der Waals surface area contributed by atoms with Crippen LogP contribution in [0.5, 0.6) is 0 Å². The van der Waals surface area contributed by atoms with Gasteiger partial charge in [0.05, 0.1) is 17.8 Å². The molecule has 0 bridgehead atoms. The fourth-order valence-electron chi connectivity index (χ4n) is 4.41. The predicted molar refractivity (Wildman–Crippen MR) is 108 cm³/mol. The van der Waals surface area contributed by atoms with Crippen molar-refractivity contribution in [2.45, 2.75) is 32.6 Å². The molecule has 1 saturated heterocycles. The fourth-order valence-corrected chi connectivity index (χ4v) is 4.41. The van der Waals surface area contributed by atoms with Gasteiger partial charge in [0.1, 0.15) is 5.56 Å². The van der Waals surface area contributed by atoms with E-state index < -0.39 is 0 Å². The SMILES string of the molecule is CCOC(=O)c1cnc2ccccc2c1N1CCN(C(=O)C2CCCC2)CC1. The van der Waals surface area contributed by atoms with E-state index in [1.165, 1.54) is 12.8 Å². The van der Waals surface area contributed by atoms with Gasteiger partial charge in [0, 0.05) is 43.7 Å². The second kappa shape index (κ2) is 8.17. The van der Waals surface area contributed by atoms with Gasteiger partial charge in [0.25, 0.3) is 0 Å². The number of hydrogen-bond donors (Lipinski definition) is 0. The molecule has 2 heterocycles. The first-order valence-electron chi connectivity index (χ1n) is 10.3. The van der Waals surface area contributed by atoms with E-state index >= 15 is 0 Å². The van der Waals surface area contributed by atoms with E-state index in [-0.39, 0.29) is 11.9 Å². The largest absolute Gasteiger partial charge is 0.462 e. The molecule has 28 heavy (non-hydrogen) atoms. The minimum atomic E-state index is -0.347. The van der Waals surface area contributed by atoms with Gasteiger partial charge in [-0.1, -0.05) is 31.0 Å². The fraction of sp³-hybridized carbons (Fsp3) is 0.500. The van der Waals surface area contributed by atoms with Gasteiger partial charge in [0.15, 0.2) is 0 Å². The number of aromatic nitrogens is 1. The first-order chi connectivity index (χ1) is 13.7. The average molecular weight is 381 g/mol. The highest BCUT2D eigenvalue weighted by molar-refractivity contribution is 6.05. The molecule has 1 aliphatic heterocycles. The Hall–Kier alpha value is -2.63. The normalized spacial score (nSPS) is 17.9. The number of ether oxygens (including phenoxy) is 1. The maximum absolute atomic E-state index is 12.7. The molecule has 2 aliphatic rings. The summed E-state index contributed by atoms with van der Waals surface area (Å²) in [6, 6.07) is 7.85. The lowest BCUT2D eigenvalue weighted by atomic mass is 10.0. The Morgan fingerprint density at radius 2 is 1.82 bits per heavy atom. The number of fused-ring (bicyclic) bond motifs is 1. The smallest absolute Gasteiger partial charge is 0.341 e. The summed E-state index contributed by atoms with van der Waals surface area (Å²) in [6.45, 7) is 4.93. The summed E-state index contributed by atoms with van der Waals surface area (Å²) >= 11 is 0. The molecule has 0 atom stereocenters. The number of para-hydroxylation sites is 1. The van der Waals surface area contributed by atoms with Gasteiger partial charge in [-0.2, -0.15) is 0 Å². The molecule has 1 aromatic carbocycles. The summed E-state index contributed by atoms with van der Waals surface area (Å²) in [5, 5.41) is 0.948. The van der Waals surface area contributed by atoms with E-state index in [9.17, 15) is 9.59 Å². The molecule has 4 rings (SSSR count). The van der Waals surface area contributed by atoms with Crippen molar-refractivity contribution < 1.29 is 14.3 Å². The second-order valence-corrected chi connectivity index (χ2v) is 7.55. The number of hydrogen-bond acceptors (Lipinski definition) is 5. The third kappa shape index (κ3) is 3.55. The standard InChI is InChI=1S/C22H27N3O3/c1-2-28-22(27)18-15-23-19-10-6-5-9-17(19)20(18)24-11-13-25(14-12-24)21(26)16-7-3-4-8-16/h5-6,9-10,15-16H,2-4,7-8,11-14H2,1H3. The number of rotatable bonds is 4. The number of piperazine rings is 1. The molecule has 148 valence electrons. The summed E-state index contributed by atoms with van der Waals surface area (Å²) < 4.78 is 5.27. The Morgan fingerprint density at radius 3 is 2.54 bits per heavy atom. The lowest BCUT2D eigenvalue weighted by molar-refractivity contribution is -0.135. The van der Waals surface area contributed by atoms with E-state index in [2.05, 4.69) is 9.88 Å². The molecular weight excluding hydrogens is 354 g/mol. The Bertz CT molecular complexity index is 868. The summed E-state index contributed by atoms with van der Waals surface area (Å²) in [5.41, 5.74) is 2.23. The van der Waals surface area contributed by atoms with Gasteiger partial charge in [0.2, 0.25) is 5.91 Å². The second-order valence-electron chi connectivity index (χ2n) is 7.55. The minimum absolute atomic E-state index is 0.211. The van der Waals surface area contributed by atoms with Gasteiger partial charge in [-0.3, -0.25) is 9.78 Å². The number of esters is 1. The van der Waals surface area contributed by atoms with Crippen molar-refractivity contribution in [2.75, 3.05) is 37.7 Å². The number of carbonyl (C=O) groups excluding carboxylic acids is 2. The van der Waals surface area contributed by atoms with Crippen LogP contribution in [0.3, 0.4) is 0 Å². The number of pyridine rings is 1. The summed E-state index contributed by atoms with van der Waals surface area (Å²) in [6.07, 6.45) is 6.01. The number of anilines is 1. The summed E-state index contributed by atoms with van der Waals surface area (Å²) in [7, 11) is 0. The molecule has 0 radical (unpaired) electrons. The molecule has 2 aromatic rings. The van der Waals surface area contributed by atoms with Crippen LogP contribution in [0.4, 0.5) is 5.69 Å². The Morgan fingerprint density at radius 1 is 1.11 bits per heavy atom. The zero-order valence-electron chi connectivity index (χ0n) is 16.4. The highest BCUT2D eigenvalue weighted by Crippen LogP contribution is 2.32. The van der Waals surface area contributed by atoms with E-state index in [0.29, 0.717) is 44.3 Å². The lowest BCUT2D eigenvalue weighted by Crippen LogP contribution is -2.50. The van der Waals surface area contributed by atoms with E-state index in [0.717, 1.165) is 29.4 Å². The highest BCUT2D eigenvalue weighted by atomic mass is 16.5. The van der Waals surface area contributed by atoms with Crippen molar-refractivity contribution in [3.63, 3.8) is 0 Å². The van der Waals surface area contributed by atoms with Crippen molar-refractivity contribution >= 4 is 28.5 Å². The molecular formula is C22H27N3O3. The van der Waals surface area contributed by atoms with Crippen LogP contribution in [0.2, 0.25) is 0 Å². The van der Waals surface area contributed by atoms with Crippen molar-refractivity contribution in [3.05, 3.63) is 36.0 Å². The van der Waals surface area contributed by atoms with Gasteiger partial charge in [-0.05, 0) is 25.8 Å². The number of amides is 1. The molecule has 6 nitrogen and oxygen atoms in total. The molecule has 1 aromatic heterocycles. The Labute approximate surface area is 165 Å². The maximum atomic E-state index is 12.7. The van der Waals surface area contributed by atoms with Crippen LogP contribution < -0.4 is 4.90 Å². The van der Waals surface area contributed by atoms with Gasteiger partial charge in [-0.15, -0.1) is 0 Å². The van der Waals surface area contributed by atoms with Crippen LogP contribution in [-0.2, 0) is 9.53 Å². The topological polar surface area (TPSA) is 62.7 Å². The number of benzene rings is 1. The van der Waals surface area contributed by atoms with Crippen LogP contribution in [-0.4, -0.2) is 54.5 Å². The van der Waals surface area contributed by atoms with Crippen molar-refractivity contribution in [3.8, 4) is 0 Å². The lowest BCUT2D eigenvalue weighted by Gasteiger charge is -2.38. The zero-order valence-corrected chi connectivity index (χ0v) is 16.4. The third-order valence-electron chi connectivity index (χ3n) is 5.85. The van der Waals surface area contributed by atoms with Gasteiger partial charge < -0.3 is 14.5 Å². The molecule has 0 spiro atoms. The Kier molecular flexibility index (Phi) is 5.46. The first kappa shape index (κ1) is 18.7. The third-order valence-corrected chi connectivity index (χ3v) is 5.85. The highest BCUT2D eigenvalue weighted by Gasteiger charge is 2.31. The van der Waals surface area contributed by atoms with E-state index in [1.807, 2.05) is 29.2 Å². The van der Waals surface area contributed by atoms with E-state index in [1.54, 1.807) is 13.1 Å². The van der Waals surface area contributed by atoms with Crippen LogP contribution in [0.15, 0.2) is 30.5 Å². The molecule has 2 fully saturated rings. The van der Waals surface area contributed by atoms with Crippen LogP contribution >= 0.6 is 0 Å². The summed E-state index contributed by atoms with van der Waals surface area (Å²) in [5.74, 6) is 0.172.